The molecule has 0 aliphatic carbocycles. The molecule has 1 aromatic heterocycles. The highest BCUT2D eigenvalue weighted by Gasteiger charge is 2.27. The molecular formula is C20H25N3O2S. The van der Waals surface area contributed by atoms with E-state index in [0.717, 1.165) is 41.2 Å². The van der Waals surface area contributed by atoms with E-state index in [4.69, 9.17) is 4.98 Å². The lowest BCUT2D eigenvalue weighted by Crippen LogP contribution is -2.39. The van der Waals surface area contributed by atoms with E-state index in [2.05, 4.69) is 5.32 Å². The number of thiazole rings is 1. The predicted octanol–water partition coefficient (Wildman–Crippen LogP) is 3.50. The highest BCUT2D eigenvalue weighted by molar-refractivity contribution is 7.09. The predicted molar refractivity (Wildman–Crippen MR) is 103 cm³/mol. The average molecular weight is 372 g/mol. The van der Waals surface area contributed by atoms with Crippen LogP contribution in [0, 0.1) is 6.92 Å². The minimum atomic E-state index is 0.0345. The van der Waals surface area contributed by atoms with Crippen molar-refractivity contribution in [1.82, 2.24) is 15.2 Å². The smallest absolute Gasteiger partial charge is 0.254 e. The third kappa shape index (κ3) is 4.30. The Morgan fingerprint density at radius 1 is 1.35 bits per heavy atom. The quantitative estimate of drug-likeness (QED) is 0.875. The van der Waals surface area contributed by atoms with E-state index in [9.17, 15) is 9.59 Å². The molecule has 2 heterocycles. The number of benzene rings is 1. The zero-order valence-electron chi connectivity index (χ0n) is 15.3. The second-order valence-corrected chi connectivity index (χ2v) is 7.60. The van der Waals surface area contributed by atoms with E-state index < -0.39 is 0 Å². The van der Waals surface area contributed by atoms with Gasteiger partial charge in [-0.3, -0.25) is 9.59 Å². The number of amides is 2. The number of hydrogen-bond acceptors (Lipinski definition) is 4. The topological polar surface area (TPSA) is 62.3 Å². The van der Waals surface area contributed by atoms with Gasteiger partial charge >= 0.3 is 0 Å². The molecule has 0 unspecified atom stereocenters. The number of nitrogens with zero attached hydrogens (tertiary/aromatic N) is 2. The zero-order valence-corrected chi connectivity index (χ0v) is 16.1. The number of aromatic nitrogens is 1. The minimum Gasteiger partial charge on any atom is -0.350 e. The standard InChI is InChI=1S/C20H25N3O2S/c1-3-18(24)21-11-16-13-26-19(22-16)15-8-6-10-23(12-15)20(25)17-9-5-4-7-14(17)2/h4-5,7,9,13,15H,3,6,8,10-12H2,1-2H3,(H,21,24)/t15-/m1/s1. The number of carbonyl (C=O) groups is 2. The van der Waals surface area contributed by atoms with Crippen LogP contribution in [-0.4, -0.2) is 34.8 Å². The number of nitrogens with one attached hydrogen (secondary N) is 1. The first-order chi connectivity index (χ1) is 12.6. The minimum absolute atomic E-state index is 0.0345. The first-order valence-electron chi connectivity index (χ1n) is 9.14. The monoisotopic (exact) mass is 371 g/mol. The zero-order chi connectivity index (χ0) is 18.5. The summed E-state index contributed by atoms with van der Waals surface area (Å²) in [5, 5.41) is 5.93. The van der Waals surface area contributed by atoms with Crippen molar-refractivity contribution in [1.29, 1.82) is 0 Å². The van der Waals surface area contributed by atoms with Gasteiger partial charge in [0, 0.05) is 36.4 Å². The van der Waals surface area contributed by atoms with E-state index in [1.165, 1.54) is 0 Å². The summed E-state index contributed by atoms with van der Waals surface area (Å²) in [6, 6.07) is 7.75. The summed E-state index contributed by atoms with van der Waals surface area (Å²) in [6.07, 6.45) is 2.52. The summed E-state index contributed by atoms with van der Waals surface area (Å²) < 4.78 is 0. The molecular weight excluding hydrogens is 346 g/mol. The normalized spacial score (nSPS) is 17.2. The highest BCUT2D eigenvalue weighted by atomic mass is 32.1. The average Bonchev–Trinajstić information content (AvgIpc) is 3.15. The maximum atomic E-state index is 12.9. The molecule has 0 saturated carbocycles. The molecule has 1 N–H and O–H groups in total. The van der Waals surface area contributed by atoms with E-state index >= 15 is 0 Å². The molecule has 2 amide bonds. The molecule has 1 atom stereocenters. The molecule has 6 heteroatoms. The van der Waals surface area contributed by atoms with E-state index in [1.54, 1.807) is 11.3 Å². The number of rotatable bonds is 5. The van der Waals surface area contributed by atoms with Crippen molar-refractivity contribution >= 4 is 23.2 Å². The fraction of sp³-hybridized carbons (Fsp3) is 0.450. The third-order valence-corrected chi connectivity index (χ3v) is 5.85. The molecule has 1 aliphatic rings. The Bertz CT molecular complexity index is 787. The highest BCUT2D eigenvalue weighted by Crippen LogP contribution is 2.30. The van der Waals surface area contributed by atoms with Gasteiger partial charge in [-0.2, -0.15) is 0 Å². The molecule has 0 spiro atoms. The molecule has 3 rings (SSSR count). The fourth-order valence-corrected chi connectivity index (χ4v) is 4.20. The van der Waals surface area contributed by atoms with Crippen LogP contribution in [0.4, 0.5) is 0 Å². The van der Waals surface area contributed by atoms with Crippen LogP contribution in [0.1, 0.15) is 58.7 Å². The lowest BCUT2D eigenvalue weighted by atomic mass is 9.97. The van der Waals surface area contributed by atoms with Gasteiger partial charge in [-0.1, -0.05) is 25.1 Å². The van der Waals surface area contributed by atoms with Gasteiger partial charge < -0.3 is 10.2 Å². The molecule has 2 aromatic rings. The van der Waals surface area contributed by atoms with Crippen LogP contribution >= 0.6 is 11.3 Å². The summed E-state index contributed by atoms with van der Waals surface area (Å²) in [7, 11) is 0. The Kier molecular flexibility index (Phi) is 6.04. The molecule has 1 saturated heterocycles. The second-order valence-electron chi connectivity index (χ2n) is 6.71. The van der Waals surface area contributed by atoms with Crippen LogP contribution in [0.15, 0.2) is 29.6 Å². The third-order valence-electron chi connectivity index (χ3n) is 4.79. The maximum Gasteiger partial charge on any atom is 0.254 e. The molecule has 0 radical (unpaired) electrons. The van der Waals surface area contributed by atoms with Gasteiger partial charge in [0.15, 0.2) is 0 Å². The maximum absolute atomic E-state index is 12.9. The van der Waals surface area contributed by atoms with Crippen molar-refractivity contribution < 1.29 is 9.59 Å². The molecule has 138 valence electrons. The SMILES string of the molecule is CCC(=O)NCc1csc([C@@H]2CCCN(C(=O)c3ccccc3C)C2)n1. The lowest BCUT2D eigenvalue weighted by Gasteiger charge is -2.32. The lowest BCUT2D eigenvalue weighted by molar-refractivity contribution is -0.120. The Morgan fingerprint density at radius 3 is 2.92 bits per heavy atom. The van der Waals surface area contributed by atoms with Gasteiger partial charge in [-0.05, 0) is 31.4 Å². The van der Waals surface area contributed by atoms with Crippen molar-refractivity contribution in [3.63, 3.8) is 0 Å². The number of carbonyl (C=O) groups excluding carboxylic acids is 2. The van der Waals surface area contributed by atoms with E-state index in [1.807, 2.05) is 48.4 Å². The summed E-state index contributed by atoms with van der Waals surface area (Å²) in [5.74, 6) is 0.421. The molecule has 26 heavy (non-hydrogen) atoms. The van der Waals surface area contributed by atoms with Gasteiger partial charge in [-0.25, -0.2) is 4.98 Å². The number of piperidine rings is 1. The van der Waals surface area contributed by atoms with Crippen LogP contribution in [0.5, 0.6) is 0 Å². The Hall–Kier alpha value is -2.21. The van der Waals surface area contributed by atoms with Crippen LogP contribution in [-0.2, 0) is 11.3 Å². The summed E-state index contributed by atoms with van der Waals surface area (Å²) in [4.78, 5) is 30.9. The molecule has 1 fully saturated rings. The Labute approximate surface area is 158 Å². The summed E-state index contributed by atoms with van der Waals surface area (Å²) in [5.41, 5.74) is 2.70. The fourth-order valence-electron chi connectivity index (χ4n) is 3.25. The Morgan fingerprint density at radius 2 is 2.15 bits per heavy atom. The molecule has 1 aliphatic heterocycles. The number of likely N-dealkylation sites (tertiary alicyclic amines) is 1. The second kappa shape index (κ2) is 8.45. The summed E-state index contributed by atoms with van der Waals surface area (Å²) in [6.45, 7) is 5.80. The summed E-state index contributed by atoms with van der Waals surface area (Å²) >= 11 is 1.63. The molecule has 0 bridgehead atoms. The van der Waals surface area contributed by atoms with Crippen molar-refractivity contribution in [2.24, 2.45) is 0 Å². The first kappa shape index (κ1) is 18.6. The van der Waals surface area contributed by atoms with Gasteiger partial charge in [0.2, 0.25) is 5.91 Å². The van der Waals surface area contributed by atoms with Crippen LogP contribution in [0.3, 0.4) is 0 Å². The largest absolute Gasteiger partial charge is 0.350 e. The molecule has 1 aromatic carbocycles. The van der Waals surface area contributed by atoms with Crippen molar-refractivity contribution in [2.75, 3.05) is 13.1 Å². The molecule has 5 nitrogen and oxygen atoms in total. The van der Waals surface area contributed by atoms with Crippen LogP contribution in [0.25, 0.3) is 0 Å². The van der Waals surface area contributed by atoms with Crippen molar-refractivity contribution in [2.45, 2.75) is 45.6 Å². The number of hydrogen-bond donors (Lipinski definition) is 1. The van der Waals surface area contributed by atoms with Gasteiger partial charge in [0.25, 0.3) is 5.91 Å². The van der Waals surface area contributed by atoms with Gasteiger partial charge in [-0.15, -0.1) is 11.3 Å². The van der Waals surface area contributed by atoms with Gasteiger partial charge in [0.1, 0.15) is 0 Å². The number of aryl methyl sites for hydroxylation is 1. The van der Waals surface area contributed by atoms with Crippen molar-refractivity contribution in [3.05, 3.63) is 51.5 Å². The Balaban J connectivity index is 1.65. The van der Waals surface area contributed by atoms with Crippen LogP contribution in [0.2, 0.25) is 0 Å². The van der Waals surface area contributed by atoms with Crippen molar-refractivity contribution in [3.8, 4) is 0 Å². The van der Waals surface area contributed by atoms with E-state index in [0.29, 0.717) is 19.5 Å². The van der Waals surface area contributed by atoms with Gasteiger partial charge in [0.05, 0.1) is 17.2 Å². The van der Waals surface area contributed by atoms with E-state index in [-0.39, 0.29) is 17.7 Å². The van der Waals surface area contributed by atoms with Crippen LogP contribution < -0.4 is 5.32 Å². The first-order valence-corrected chi connectivity index (χ1v) is 10.0.